The van der Waals surface area contributed by atoms with Crippen molar-refractivity contribution in [1.29, 1.82) is 0 Å². The maximum absolute atomic E-state index is 13.2. The van der Waals surface area contributed by atoms with Gasteiger partial charge in [-0.2, -0.15) is 0 Å². The van der Waals surface area contributed by atoms with Gasteiger partial charge in [-0.25, -0.2) is 4.39 Å². The molecule has 1 aliphatic heterocycles. The molecule has 1 amide bonds. The lowest BCUT2D eigenvalue weighted by molar-refractivity contribution is -0.133. The zero-order valence-electron chi connectivity index (χ0n) is 16.4. The summed E-state index contributed by atoms with van der Waals surface area (Å²) in [4.78, 5) is 17.5. The maximum atomic E-state index is 13.2. The lowest BCUT2D eigenvalue weighted by atomic mass is 10.0. The van der Waals surface area contributed by atoms with Gasteiger partial charge in [-0.1, -0.05) is 44.0 Å². The fraction of sp³-hybridized carbons (Fsp3) is 0.476. The normalized spacial score (nSPS) is 17.6. The maximum Gasteiger partial charge on any atom is 0.249 e. The number of nitrogens with zero attached hydrogens (tertiary/aromatic N) is 2. The monoisotopic (exact) mass is 410 g/mol. The first-order valence-electron chi connectivity index (χ1n) is 9.26. The van der Waals surface area contributed by atoms with E-state index in [1.165, 1.54) is 23.9 Å². The Morgan fingerprint density at radius 2 is 2.19 bits per heavy atom. The Bertz CT molecular complexity index is 722. The number of amides is 1. The van der Waals surface area contributed by atoms with E-state index in [0.717, 1.165) is 30.0 Å². The van der Waals surface area contributed by atoms with E-state index in [9.17, 15) is 9.18 Å². The molecule has 0 aliphatic carbocycles. The number of carbonyl (C=O) groups is 1. The van der Waals surface area contributed by atoms with Gasteiger partial charge < -0.3 is 9.80 Å². The minimum absolute atomic E-state index is 0.104. The van der Waals surface area contributed by atoms with E-state index in [-0.39, 0.29) is 17.8 Å². The zero-order valence-corrected chi connectivity index (χ0v) is 18.0. The fourth-order valence-electron chi connectivity index (χ4n) is 2.79. The van der Waals surface area contributed by atoms with Crippen LogP contribution >= 0.6 is 23.4 Å². The first kappa shape index (κ1) is 21.8. The van der Waals surface area contributed by atoms with Gasteiger partial charge in [0.25, 0.3) is 0 Å². The van der Waals surface area contributed by atoms with Crippen molar-refractivity contribution in [2.75, 3.05) is 26.4 Å². The molecule has 3 nitrogen and oxygen atoms in total. The molecule has 148 valence electrons. The van der Waals surface area contributed by atoms with Crippen LogP contribution in [0.15, 0.2) is 47.0 Å². The molecule has 6 heteroatoms. The average molecular weight is 411 g/mol. The zero-order chi connectivity index (χ0) is 20.0. The van der Waals surface area contributed by atoms with Gasteiger partial charge in [-0.05, 0) is 36.6 Å². The van der Waals surface area contributed by atoms with E-state index in [1.807, 2.05) is 42.1 Å². The van der Waals surface area contributed by atoms with E-state index >= 15 is 0 Å². The Morgan fingerprint density at radius 3 is 2.85 bits per heavy atom. The summed E-state index contributed by atoms with van der Waals surface area (Å²) in [5, 5.41) is 0.409. The number of hydrogen-bond acceptors (Lipinski definition) is 3. The molecule has 0 saturated heterocycles. The fourth-order valence-corrected chi connectivity index (χ4v) is 4.09. The minimum Gasteiger partial charge on any atom is -0.362 e. The van der Waals surface area contributed by atoms with Gasteiger partial charge in [0, 0.05) is 37.0 Å². The topological polar surface area (TPSA) is 23.6 Å². The molecule has 27 heavy (non-hydrogen) atoms. The van der Waals surface area contributed by atoms with E-state index in [1.54, 1.807) is 6.07 Å². The first-order chi connectivity index (χ1) is 12.8. The lowest BCUT2D eigenvalue weighted by Gasteiger charge is -2.34. The SMILES string of the molecule is CCC(C)CCN(C)C(=O)C1C=CC=C(CSc2ccc(F)cc2Cl)N1C. The highest BCUT2D eigenvalue weighted by Crippen LogP contribution is 2.30. The highest BCUT2D eigenvalue weighted by atomic mass is 35.5. The number of benzene rings is 1. The van der Waals surface area contributed by atoms with Crippen LogP contribution in [0, 0.1) is 11.7 Å². The third-order valence-electron chi connectivity index (χ3n) is 5.01. The van der Waals surface area contributed by atoms with Crippen molar-refractivity contribution in [3.63, 3.8) is 0 Å². The molecular weight excluding hydrogens is 383 g/mol. The summed E-state index contributed by atoms with van der Waals surface area (Å²) in [6, 6.07) is 4.12. The summed E-state index contributed by atoms with van der Waals surface area (Å²) in [6.45, 7) is 5.15. The molecular formula is C21H28ClFN2OS. The third kappa shape index (κ3) is 6.01. The van der Waals surface area contributed by atoms with Crippen LogP contribution in [0.3, 0.4) is 0 Å². The molecule has 2 atom stereocenters. The summed E-state index contributed by atoms with van der Waals surface area (Å²) >= 11 is 7.65. The number of carbonyl (C=O) groups excluding carboxylic acids is 1. The van der Waals surface area contributed by atoms with Crippen LogP contribution in [0.1, 0.15) is 26.7 Å². The molecule has 1 aliphatic rings. The van der Waals surface area contributed by atoms with E-state index in [4.69, 9.17) is 11.6 Å². The van der Waals surface area contributed by atoms with Gasteiger partial charge in [0.05, 0.1) is 5.02 Å². The molecule has 2 unspecified atom stereocenters. The molecule has 2 rings (SSSR count). The van der Waals surface area contributed by atoms with Crippen molar-refractivity contribution in [3.05, 3.63) is 53.0 Å². The number of likely N-dealkylation sites (N-methyl/N-ethyl adjacent to an activating group) is 2. The molecule has 0 saturated carbocycles. The van der Waals surface area contributed by atoms with Crippen molar-refractivity contribution in [2.24, 2.45) is 5.92 Å². The van der Waals surface area contributed by atoms with Gasteiger partial charge >= 0.3 is 0 Å². The van der Waals surface area contributed by atoms with Gasteiger partial charge in [-0.15, -0.1) is 11.8 Å². The van der Waals surface area contributed by atoms with Crippen LogP contribution in [0.25, 0.3) is 0 Å². The third-order valence-corrected chi connectivity index (χ3v) is 6.54. The molecule has 0 aromatic heterocycles. The van der Waals surface area contributed by atoms with Crippen molar-refractivity contribution < 1.29 is 9.18 Å². The Hall–Kier alpha value is -1.46. The predicted molar refractivity (Wildman–Crippen MR) is 113 cm³/mol. The number of hydrogen-bond donors (Lipinski definition) is 0. The predicted octanol–water partition coefficient (Wildman–Crippen LogP) is 5.22. The van der Waals surface area contributed by atoms with Crippen LogP contribution in [0.5, 0.6) is 0 Å². The quantitative estimate of drug-likeness (QED) is 0.549. The van der Waals surface area contributed by atoms with Crippen LogP contribution in [-0.2, 0) is 4.79 Å². The van der Waals surface area contributed by atoms with Crippen LogP contribution in [0.4, 0.5) is 4.39 Å². The smallest absolute Gasteiger partial charge is 0.249 e. The second kappa shape index (κ2) is 10.2. The Morgan fingerprint density at radius 1 is 1.44 bits per heavy atom. The Kier molecular flexibility index (Phi) is 8.24. The molecule has 1 aromatic carbocycles. The first-order valence-corrected chi connectivity index (χ1v) is 10.6. The van der Waals surface area contributed by atoms with Crippen LogP contribution in [0.2, 0.25) is 5.02 Å². The number of allylic oxidation sites excluding steroid dienone is 2. The van der Waals surface area contributed by atoms with Crippen LogP contribution < -0.4 is 0 Å². The molecule has 0 fully saturated rings. The summed E-state index contributed by atoms with van der Waals surface area (Å²) in [6.07, 6.45) is 8.02. The van der Waals surface area contributed by atoms with Crippen molar-refractivity contribution in [2.45, 2.75) is 37.6 Å². The van der Waals surface area contributed by atoms with Gasteiger partial charge in [0.1, 0.15) is 11.9 Å². The second-order valence-corrected chi connectivity index (χ2v) is 8.45. The highest BCUT2D eigenvalue weighted by Gasteiger charge is 2.27. The summed E-state index contributed by atoms with van der Waals surface area (Å²) in [5.74, 6) is 1.04. The Balaban J connectivity index is 1.96. The number of halogens is 2. The minimum atomic E-state index is -0.340. The Labute approximate surface area is 171 Å². The molecule has 0 spiro atoms. The summed E-state index contributed by atoms with van der Waals surface area (Å²) in [7, 11) is 3.81. The average Bonchev–Trinajstić information content (AvgIpc) is 2.65. The summed E-state index contributed by atoms with van der Waals surface area (Å²) in [5.41, 5.74) is 1.04. The standard InChI is InChI=1S/C21H28ClFN2OS/c1-5-15(2)11-12-24(3)21(26)19-8-6-7-17(25(19)4)14-27-20-10-9-16(23)13-18(20)22/h6-10,13,15,19H,5,11-12,14H2,1-4H3. The van der Waals surface area contributed by atoms with Gasteiger partial charge in [0.15, 0.2) is 0 Å². The second-order valence-electron chi connectivity index (χ2n) is 7.02. The molecule has 0 radical (unpaired) electrons. The number of rotatable bonds is 8. The van der Waals surface area contributed by atoms with Crippen molar-refractivity contribution in [3.8, 4) is 0 Å². The van der Waals surface area contributed by atoms with E-state index < -0.39 is 0 Å². The van der Waals surface area contributed by atoms with Crippen LogP contribution in [-0.4, -0.2) is 48.1 Å². The van der Waals surface area contributed by atoms with Gasteiger partial charge in [0.2, 0.25) is 5.91 Å². The molecule has 1 aromatic rings. The lowest BCUT2D eigenvalue weighted by Crippen LogP contribution is -2.46. The van der Waals surface area contributed by atoms with E-state index in [0.29, 0.717) is 16.7 Å². The number of thioether (sulfide) groups is 1. The molecule has 1 heterocycles. The molecule has 0 bridgehead atoms. The van der Waals surface area contributed by atoms with Gasteiger partial charge in [-0.3, -0.25) is 4.79 Å². The summed E-state index contributed by atoms with van der Waals surface area (Å²) < 4.78 is 13.2. The van der Waals surface area contributed by atoms with E-state index in [2.05, 4.69) is 13.8 Å². The highest BCUT2D eigenvalue weighted by molar-refractivity contribution is 7.99. The van der Waals surface area contributed by atoms with Crippen molar-refractivity contribution >= 4 is 29.3 Å². The van der Waals surface area contributed by atoms with Crippen molar-refractivity contribution in [1.82, 2.24) is 9.80 Å². The molecule has 0 N–H and O–H groups in total. The largest absolute Gasteiger partial charge is 0.362 e.